The van der Waals surface area contributed by atoms with Gasteiger partial charge < -0.3 is 4.90 Å². The van der Waals surface area contributed by atoms with Gasteiger partial charge in [-0.2, -0.15) is 13.2 Å². The van der Waals surface area contributed by atoms with Gasteiger partial charge in [-0.15, -0.1) is 11.3 Å². The largest absolute Gasteiger partial charge is 0.418 e. The molecule has 0 radical (unpaired) electrons. The summed E-state index contributed by atoms with van der Waals surface area (Å²) in [6, 6.07) is 14.1. The van der Waals surface area contributed by atoms with E-state index in [4.69, 9.17) is 0 Å². The fourth-order valence-corrected chi connectivity index (χ4v) is 6.30. The minimum Gasteiger partial charge on any atom is -0.337 e. The molecule has 5 rings (SSSR count). The van der Waals surface area contributed by atoms with Gasteiger partial charge in [-0.05, 0) is 35.6 Å². The molecule has 1 unspecified atom stereocenters. The Kier molecular flexibility index (Phi) is 6.31. The number of H-pyrrole nitrogens is 1. The summed E-state index contributed by atoms with van der Waals surface area (Å²) in [5.41, 5.74) is -1.71. The van der Waals surface area contributed by atoms with Crippen LogP contribution >= 0.6 is 11.3 Å². The second-order valence-electron chi connectivity index (χ2n) is 9.44. The summed E-state index contributed by atoms with van der Waals surface area (Å²) >= 11 is 1.19. The molecule has 1 aliphatic heterocycles. The first-order chi connectivity index (χ1) is 17.6. The molecule has 37 heavy (non-hydrogen) atoms. The molecule has 2 aromatic heterocycles. The molecule has 192 valence electrons. The van der Waals surface area contributed by atoms with E-state index < -0.39 is 28.7 Å². The highest BCUT2D eigenvalue weighted by Crippen LogP contribution is 2.36. The van der Waals surface area contributed by atoms with Crippen molar-refractivity contribution in [2.75, 3.05) is 6.54 Å². The Bertz CT molecular complexity index is 1600. The number of halogens is 3. The monoisotopic (exact) mass is 527 g/mol. The Morgan fingerprint density at radius 3 is 2.38 bits per heavy atom. The van der Waals surface area contributed by atoms with Crippen LogP contribution in [0, 0.1) is 5.92 Å². The van der Waals surface area contributed by atoms with Gasteiger partial charge in [0.15, 0.2) is 0 Å². The molecule has 3 heterocycles. The molecule has 1 amide bonds. The number of aromatic nitrogens is 2. The highest BCUT2D eigenvalue weighted by Gasteiger charge is 2.36. The van der Waals surface area contributed by atoms with Crippen LogP contribution in [-0.2, 0) is 23.9 Å². The maximum Gasteiger partial charge on any atom is 0.418 e. The molecule has 1 N–H and O–H groups in total. The van der Waals surface area contributed by atoms with Gasteiger partial charge in [0, 0.05) is 11.4 Å². The van der Waals surface area contributed by atoms with Crippen molar-refractivity contribution in [1.29, 1.82) is 0 Å². The molecular weight excluding hydrogens is 503 g/mol. The Labute approximate surface area is 214 Å². The van der Waals surface area contributed by atoms with Crippen molar-refractivity contribution in [2.45, 2.75) is 38.9 Å². The Morgan fingerprint density at radius 2 is 1.70 bits per heavy atom. The summed E-state index contributed by atoms with van der Waals surface area (Å²) in [7, 11) is 0. The van der Waals surface area contributed by atoms with Crippen LogP contribution in [0.3, 0.4) is 0 Å². The summed E-state index contributed by atoms with van der Waals surface area (Å²) in [5.74, 6) is -0.279. The number of rotatable bonds is 4. The van der Waals surface area contributed by atoms with E-state index in [2.05, 4.69) is 4.98 Å². The summed E-state index contributed by atoms with van der Waals surface area (Å²) in [6.07, 6.45) is -4.37. The summed E-state index contributed by atoms with van der Waals surface area (Å²) < 4.78 is 41.4. The Morgan fingerprint density at radius 1 is 1.03 bits per heavy atom. The van der Waals surface area contributed by atoms with Gasteiger partial charge in [-0.3, -0.25) is 14.6 Å². The number of fused-ring (bicyclic) bond motifs is 3. The van der Waals surface area contributed by atoms with E-state index in [0.29, 0.717) is 27.9 Å². The fraction of sp³-hybridized carbons (Fsp3) is 0.296. The van der Waals surface area contributed by atoms with Crippen LogP contribution in [0.4, 0.5) is 13.2 Å². The third kappa shape index (κ3) is 4.39. The molecule has 0 saturated carbocycles. The summed E-state index contributed by atoms with van der Waals surface area (Å²) in [6.45, 7) is 4.63. The average Bonchev–Trinajstić information content (AvgIpc) is 3.21. The van der Waals surface area contributed by atoms with Gasteiger partial charge in [-0.25, -0.2) is 9.36 Å². The molecule has 0 bridgehead atoms. The zero-order chi connectivity index (χ0) is 26.5. The second kappa shape index (κ2) is 9.33. The van der Waals surface area contributed by atoms with Crippen LogP contribution in [0.5, 0.6) is 0 Å². The van der Waals surface area contributed by atoms with Gasteiger partial charge >= 0.3 is 11.9 Å². The number of alkyl halides is 3. The average molecular weight is 528 g/mol. The van der Waals surface area contributed by atoms with Gasteiger partial charge in [0.1, 0.15) is 4.83 Å². The number of hydrogen-bond donors (Lipinski definition) is 1. The molecule has 0 aliphatic carbocycles. The third-order valence-corrected chi connectivity index (χ3v) is 7.88. The SMILES string of the molecule is CC(C)C(C(=O)N1CCc2c(sc3[nH]c(=O)n(-c4ccccc4C(F)(F)F)c(=O)c23)C1)c1ccccc1. The van der Waals surface area contributed by atoms with E-state index in [1.165, 1.54) is 23.5 Å². The van der Waals surface area contributed by atoms with Crippen molar-refractivity contribution in [2.24, 2.45) is 5.92 Å². The maximum atomic E-state index is 13.6. The van der Waals surface area contributed by atoms with Crippen molar-refractivity contribution in [3.63, 3.8) is 0 Å². The van der Waals surface area contributed by atoms with E-state index in [0.717, 1.165) is 22.6 Å². The van der Waals surface area contributed by atoms with Crippen molar-refractivity contribution < 1.29 is 18.0 Å². The number of para-hydroxylation sites is 1. The molecular formula is C27H24F3N3O3S. The highest BCUT2D eigenvalue weighted by molar-refractivity contribution is 7.18. The third-order valence-electron chi connectivity index (χ3n) is 6.75. The number of carbonyl (C=O) groups excluding carboxylic acids is 1. The lowest BCUT2D eigenvalue weighted by molar-refractivity contribution is -0.137. The van der Waals surface area contributed by atoms with Crippen LogP contribution in [-0.4, -0.2) is 26.9 Å². The van der Waals surface area contributed by atoms with Crippen LogP contribution in [0.2, 0.25) is 0 Å². The number of benzene rings is 2. The van der Waals surface area contributed by atoms with E-state index in [1.807, 2.05) is 44.2 Å². The standard InChI is InChI=1S/C27H24F3N3O3S/c1-15(2)21(16-8-4-3-5-9-16)24(34)32-13-12-17-20(14-32)37-23-22(17)25(35)33(26(36)31-23)19-11-7-6-10-18(19)27(28,29)30/h3-11,15,21H,12-14H2,1-2H3,(H,31,36). The van der Waals surface area contributed by atoms with Crippen molar-refractivity contribution in [3.8, 4) is 5.69 Å². The van der Waals surface area contributed by atoms with Gasteiger partial charge in [-0.1, -0.05) is 56.3 Å². The molecule has 6 nitrogen and oxygen atoms in total. The van der Waals surface area contributed by atoms with Crippen molar-refractivity contribution in [3.05, 3.63) is 97.0 Å². The molecule has 2 aromatic carbocycles. The van der Waals surface area contributed by atoms with Crippen LogP contribution in [0.15, 0.2) is 64.2 Å². The van der Waals surface area contributed by atoms with Gasteiger partial charge in [0.25, 0.3) is 5.56 Å². The lowest BCUT2D eigenvalue weighted by atomic mass is 9.86. The molecule has 10 heteroatoms. The van der Waals surface area contributed by atoms with Crippen LogP contribution in [0.1, 0.15) is 41.3 Å². The predicted molar refractivity (Wildman–Crippen MR) is 136 cm³/mol. The number of carbonyl (C=O) groups is 1. The molecule has 0 fully saturated rings. The summed E-state index contributed by atoms with van der Waals surface area (Å²) in [5, 5.41) is 0.201. The number of nitrogens with zero attached hydrogens (tertiary/aromatic N) is 2. The number of thiophene rings is 1. The maximum absolute atomic E-state index is 13.6. The smallest absolute Gasteiger partial charge is 0.337 e. The lowest BCUT2D eigenvalue weighted by Gasteiger charge is -2.32. The quantitative estimate of drug-likeness (QED) is 0.402. The van der Waals surface area contributed by atoms with E-state index in [9.17, 15) is 27.6 Å². The Hall–Kier alpha value is -3.66. The predicted octanol–water partition coefficient (Wildman–Crippen LogP) is 5.08. The van der Waals surface area contributed by atoms with Gasteiger partial charge in [0.2, 0.25) is 5.91 Å². The first kappa shape index (κ1) is 25.0. The molecule has 1 aliphatic rings. The minimum absolute atomic E-state index is 0.0192. The first-order valence-corrected chi connectivity index (χ1v) is 12.7. The zero-order valence-corrected chi connectivity index (χ0v) is 20.9. The molecule has 0 saturated heterocycles. The van der Waals surface area contributed by atoms with E-state index >= 15 is 0 Å². The number of nitrogens with one attached hydrogen (secondary N) is 1. The zero-order valence-electron chi connectivity index (χ0n) is 20.1. The topological polar surface area (TPSA) is 75.2 Å². The van der Waals surface area contributed by atoms with Crippen molar-refractivity contribution >= 4 is 27.5 Å². The number of aromatic amines is 1. The fourth-order valence-electron chi connectivity index (χ4n) is 5.06. The molecule has 1 atom stereocenters. The number of hydrogen-bond acceptors (Lipinski definition) is 4. The van der Waals surface area contributed by atoms with Crippen molar-refractivity contribution in [1.82, 2.24) is 14.5 Å². The summed E-state index contributed by atoms with van der Waals surface area (Å²) in [4.78, 5) is 45.2. The van der Waals surface area contributed by atoms with Crippen LogP contribution in [0.25, 0.3) is 15.9 Å². The normalized spacial score (nSPS) is 14.7. The van der Waals surface area contributed by atoms with Gasteiger partial charge in [0.05, 0.1) is 29.1 Å². The van der Waals surface area contributed by atoms with E-state index in [-0.39, 0.29) is 29.7 Å². The second-order valence-corrected chi connectivity index (χ2v) is 10.5. The highest BCUT2D eigenvalue weighted by atomic mass is 32.1. The Balaban J connectivity index is 1.56. The lowest BCUT2D eigenvalue weighted by Crippen LogP contribution is -2.40. The van der Waals surface area contributed by atoms with E-state index in [1.54, 1.807) is 4.90 Å². The minimum atomic E-state index is -4.74. The molecule has 0 spiro atoms. The first-order valence-electron chi connectivity index (χ1n) is 11.9. The molecule has 4 aromatic rings. The van der Waals surface area contributed by atoms with Crippen LogP contribution < -0.4 is 11.2 Å². The number of amides is 1.